The maximum atomic E-state index is 7.27. The zero-order valence-corrected chi connectivity index (χ0v) is 6.59. The van der Waals surface area contributed by atoms with E-state index in [0.29, 0.717) is 17.7 Å². The Morgan fingerprint density at radius 2 is 2.40 bits per heavy atom. The van der Waals surface area contributed by atoms with Crippen LogP contribution in [0.4, 0.5) is 0 Å². The molecular weight excluding hydrogens is 124 g/mol. The molecule has 0 saturated heterocycles. The summed E-state index contributed by atoms with van der Waals surface area (Å²) < 4.78 is 0. The van der Waals surface area contributed by atoms with Gasteiger partial charge in [-0.05, 0) is 18.8 Å². The van der Waals surface area contributed by atoms with Crippen molar-refractivity contribution in [3.05, 3.63) is 0 Å². The van der Waals surface area contributed by atoms with Crippen LogP contribution < -0.4 is 0 Å². The van der Waals surface area contributed by atoms with Gasteiger partial charge in [0, 0.05) is 11.9 Å². The van der Waals surface area contributed by atoms with Crippen LogP contribution >= 0.6 is 0 Å². The van der Waals surface area contributed by atoms with Crippen LogP contribution in [0, 0.1) is 11.3 Å². The number of hydrogen-bond acceptors (Lipinski definition) is 2. The summed E-state index contributed by atoms with van der Waals surface area (Å²) >= 11 is 0. The zero-order valence-electron chi connectivity index (χ0n) is 6.59. The van der Waals surface area contributed by atoms with Crippen LogP contribution in [0.5, 0.6) is 0 Å². The van der Waals surface area contributed by atoms with Gasteiger partial charge in [0.25, 0.3) is 0 Å². The summed E-state index contributed by atoms with van der Waals surface area (Å²) in [6.07, 6.45) is 3.67. The van der Waals surface area contributed by atoms with Gasteiger partial charge in [0.2, 0.25) is 0 Å². The molecule has 2 nitrogen and oxygen atoms in total. The van der Waals surface area contributed by atoms with Gasteiger partial charge in [-0.3, -0.25) is 4.99 Å². The topological polar surface area (TPSA) is 36.2 Å². The van der Waals surface area contributed by atoms with E-state index in [0.717, 1.165) is 12.8 Å². The summed E-state index contributed by atoms with van der Waals surface area (Å²) in [6.45, 7) is 4.36. The van der Waals surface area contributed by atoms with E-state index in [1.54, 1.807) is 6.21 Å². The van der Waals surface area contributed by atoms with Gasteiger partial charge in [-0.15, -0.1) is 0 Å². The molecule has 2 heteroatoms. The molecule has 0 aromatic heterocycles. The number of aliphatic imine (C=N–C) groups is 1. The average molecular weight is 138 g/mol. The average Bonchev–Trinajstić information content (AvgIpc) is 1.88. The van der Waals surface area contributed by atoms with Crippen LogP contribution in [0.25, 0.3) is 0 Å². The Morgan fingerprint density at radius 3 is 2.80 bits per heavy atom. The lowest BCUT2D eigenvalue weighted by Crippen LogP contribution is -2.20. The highest BCUT2D eigenvalue weighted by Gasteiger charge is 2.14. The highest BCUT2D eigenvalue weighted by atomic mass is 14.8. The molecular formula is C8H14N2. The summed E-state index contributed by atoms with van der Waals surface area (Å²) in [5.74, 6) is 0.629. The minimum absolute atomic E-state index is 0.467. The summed E-state index contributed by atoms with van der Waals surface area (Å²) in [6, 6.07) is 0.467. The van der Waals surface area contributed by atoms with Crippen molar-refractivity contribution in [2.24, 2.45) is 10.9 Å². The molecule has 1 aliphatic heterocycles. The normalized spacial score (nSPS) is 25.9. The van der Waals surface area contributed by atoms with Gasteiger partial charge in [0.15, 0.2) is 0 Å². The van der Waals surface area contributed by atoms with Crippen molar-refractivity contribution in [3.8, 4) is 0 Å². The van der Waals surface area contributed by atoms with E-state index in [2.05, 4.69) is 18.8 Å². The molecule has 10 heavy (non-hydrogen) atoms. The molecule has 0 spiro atoms. The second kappa shape index (κ2) is 2.95. The van der Waals surface area contributed by atoms with Gasteiger partial charge in [-0.25, -0.2) is 0 Å². The summed E-state index contributed by atoms with van der Waals surface area (Å²) in [5, 5.41) is 7.27. The maximum Gasteiger partial charge on any atom is 0.0527 e. The lowest BCUT2D eigenvalue weighted by molar-refractivity contribution is 0.471. The molecule has 1 atom stereocenters. The van der Waals surface area contributed by atoms with E-state index in [9.17, 15) is 0 Å². The number of nitrogens with zero attached hydrogens (tertiary/aromatic N) is 1. The molecule has 1 N–H and O–H groups in total. The largest absolute Gasteiger partial charge is 0.304 e. The molecule has 0 saturated carbocycles. The van der Waals surface area contributed by atoms with E-state index >= 15 is 0 Å². The predicted molar refractivity (Wildman–Crippen MR) is 44.1 cm³/mol. The Hall–Kier alpha value is -0.660. The summed E-state index contributed by atoms with van der Waals surface area (Å²) in [4.78, 5) is 4.26. The Labute approximate surface area is 61.9 Å². The minimum atomic E-state index is 0.467. The molecule has 1 rings (SSSR count). The molecule has 0 amide bonds. The molecule has 0 bridgehead atoms. The van der Waals surface area contributed by atoms with Crippen LogP contribution in [-0.4, -0.2) is 18.0 Å². The molecule has 0 fully saturated rings. The van der Waals surface area contributed by atoms with Gasteiger partial charge in [0.1, 0.15) is 0 Å². The first-order valence-corrected chi connectivity index (χ1v) is 3.80. The standard InChI is InChI=1S/C8H14N2/c1-6(2)8-4-3-7(9)5-10-8/h5-6,8-9H,3-4H2,1-2H3. The van der Waals surface area contributed by atoms with E-state index in [4.69, 9.17) is 5.41 Å². The Morgan fingerprint density at radius 1 is 1.70 bits per heavy atom. The Balaban J connectivity index is 2.53. The zero-order chi connectivity index (χ0) is 7.56. The fraction of sp³-hybridized carbons (Fsp3) is 0.750. The number of rotatable bonds is 1. The van der Waals surface area contributed by atoms with Crippen LogP contribution in [0.15, 0.2) is 4.99 Å². The van der Waals surface area contributed by atoms with E-state index in [1.807, 2.05) is 0 Å². The van der Waals surface area contributed by atoms with Crippen molar-refractivity contribution < 1.29 is 0 Å². The van der Waals surface area contributed by atoms with Crippen molar-refractivity contribution in [1.29, 1.82) is 5.41 Å². The first-order valence-electron chi connectivity index (χ1n) is 3.80. The third kappa shape index (κ3) is 1.66. The molecule has 0 aromatic rings. The molecule has 56 valence electrons. The van der Waals surface area contributed by atoms with Gasteiger partial charge in [0.05, 0.1) is 6.04 Å². The monoisotopic (exact) mass is 138 g/mol. The second-order valence-corrected chi connectivity index (χ2v) is 3.15. The first-order chi connectivity index (χ1) is 4.70. The van der Waals surface area contributed by atoms with Crippen molar-refractivity contribution in [2.45, 2.75) is 32.7 Å². The van der Waals surface area contributed by atoms with Gasteiger partial charge >= 0.3 is 0 Å². The van der Waals surface area contributed by atoms with Crippen LogP contribution in [0.2, 0.25) is 0 Å². The van der Waals surface area contributed by atoms with Crippen LogP contribution in [0.3, 0.4) is 0 Å². The number of hydrogen-bond donors (Lipinski definition) is 1. The third-order valence-electron chi connectivity index (χ3n) is 1.90. The Kier molecular flexibility index (Phi) is 2.20. The number of nitrogens with one attached hydrogen (secondary N) is 1. The highest BCUT2D eigenvalue weighted by Crippen LogP contribution is 2.15. The smallest absolute Gasteiger partial charge is 0.0527 e. The van der Waals surface area contributed by atoms with E-state index < -0.39 is 0 Å². The predicted octanol–water partition coefficient (Wildman–Crippen LogP) is 1.90. The second-order valence-electron chi connectivity index (χ2n) is 3.15. The van der Waals surface area contributed by atoms with Gasteiger partial charge in [-0.1, -0.05) is 13.8 Å². The summed E-state index contributed by atoms with van der Waals surface area (Å²) in [7, 11) is 0. The fourth-order valence-corrected chi connectivity index (χ4v) is 1.13. The molecule has 0 aliphatic carbocycles. The van der Waals surface area contributed by atoms with Crippen molar-refractivity contribution in [2.75, 3.05) is 0 Å². The quantitative estimate of drug-likeness (QED) is 0.574. The molecule has 1 heterocycles. The minimum Gasteiger partial charge on any atom is -0.304 e. The van der Waals surface area contributed by atoms with Crippen molar-refractivity contribution in [1.82, 2.24) is 0 Å². The lowest BCUT2D eigenvalue weighted by atomic mass is 9.96. The van der Waals surface area contributed by atoms with Crippen molar-refractivity contribution in [3.63, 3.8) is 0 Å². The summed E-state index contributed by atoms with van der Waals surface area (Å²) in [5.41, 5.74) is 0.678. The molecule has 1 unspecified atom stereocenters. The van der Waals surface area contributed by atoms with Crippen LogP contribution in [0.1, 0.15) is 26.7 Å². The molecule has 0 radical (unpaired) electrons. The lowest BCUT2D eigenvalue weighted by Gasteiger charge is -2.19. The SMILES string of the molecule is CC(C)C1CCC(=N)C=N1. The Bertz CT molecular complexity index is 159. The molecule has 1 aliphatic rings. The first kappa shape index (κ1) is 7.45. The fourth-order valence-electron chi connectivity index (χ4n) is 1.13. The van der Waals surface area contributed by atoms with E-state index in [1.165, 1.54) is 0 Å². The third-order valence-corrected chi connectivity index (χ3v) is 1.90. The van der Waals surface area contributed by atoms with Gasteiger partial charge in [-0.2, -0.15) is 0 Å². The van der Waals surface area contributed by atoms with Gasteiger partial charge < -0.3 is 5.41 Å². The molecule has 0 aromatic carbocycles. The highest BCUT2D eigenvalue weighted by molar-refractivity contribution is 6.29. The maximum absolute atomic E-state index is 7.27. The van der Waals surface area contributed by atoms with Crippen LogP contribution in [-0.2, 0) is 0 Å². The van der Waals surface area contributed by atoms with Crippen molar-refractivity contribution >= 4 is 11.9 Å². The van der Waals surface area contributed by atoms with E-state index in [-0.39, 0.29) is 0 Å².